The average molecular weight is 198 g/mol. The predicted octanol–water partition coefficient (Wildman–Crippen LogP) is 1.41. The molecule has 1 amide bonds. The highest BCUT2D eigenvalue weighted by Crippen LogP contribution is 1.94. The summed E-state index contributed by atoms with van der Waals surface area (Å²) in [5.41, 5.74) is 0.571. The molecule has 0 radical (unpaired) electrons. The zero-order valence-corrected chi connectivity index (χ0v) is 9.76. The summed E-state index contributed by atoms with van der Waals surface area (Å²) in [6.07, 6.45) is 0.980. The number of hydrogen-bond acceptors (Lipinski definition) is 2. The zero-order valence-electron chi connectivity index (χ0n) is 9.76. The van der Waals surface area contributed by atoms with Crippen LogP contribution in [0.2, 0.25) is 0 Å². The molecule has 0 heterocycles. The van der Waals surface area contributed by atoms with Crippen LogP contribution < -0.4 is 5.32 Å². The Morgan fingerprint density at radius 3 is 2.50 bits per heavy atom. The second-order valence-electron chi connectivity index (χ2n) is 3.96. The van der Waals surface area contributed by atoms with Gasteiger partial charge in [-0.2, -0.15) is 0 Å². The molecule has 0 aliphatic heterocycles. The summed E-state index contributed by atoms with van der Waals surface area (Å²) in [7, 11) is 2.09. The van der Waals surface area contributed by atoms with E-state index in [1.807, 2.05) is 0 Å². The Kier molecular flexibility index (Phi) is 6.21. The molecule has 3 nitrogen and oxygen atoms in total. The first-order valence-electron chi connectivity index (χ1n) is 5.09. The lowest BCUT2D eigenvalue weighted by Crippen LogP contribution is -2.31. The standard InChI is InChI=1S/C11H22N2O/c1-9(2)11(14)12-7-6-8-13(5)10(3)4/h10H,1,6-8H2,2-5H3,(H,12,14). The second-order valence-corrected chi connectivity index (χ2v) is 3.96. The van der Waals surface area contributed by atoms with Crippen molar-refractivity contribution in [3.63, 3.8) is 0 Å². The van der Waals surface area contributed by atoms with Crippen LogP contribution in [0.4, 0.5) is 0 Å². The largest absolute Gasteiger partial charge is 0.352 e. The topological polar surface area (TPSA) is 32.3 Å². The Morgan fingerprint density at radius 2 is 2.07 bits per heavy atom. The van der Waals surface area contributed by atoms with Gasteiger partial charge in [0, 0.05) is 18.2 Å². The van der Waals surface area contributed by atoms with Crippen LogP contribution in [0.1, 0.15) is 27.2 Å². The van der Waals surface area contributed by atoms with Gasteiger partial charge in [-0.25, -0.2) is 0 Å². The van der Waals surface area contributed by atoms with Crippen molar-refractivity contribution >= 4 is 5.91 Å². The molecular weight excluding hydrogens is 176 g/mol. The molecule has 0 saturated heterocycles. The average Bonchev–Trinajstić information content (AvgIpc) is 2.11. The van der Waals surface area contributed by atoms with E-state index in [2.05, 4.69) is 37.7 Å². The minimum atomic E-state index is -0.0443. The van der Waals surface area contributed by atoms with Crippen molar-refractivity contribution in [3.05, 3.63) is 12.2 Å². The van der Waals surface area contributed by atoms with E-state index < -0.39 is 0 Å². The van der Waals surface area contributed by atoms with Gasteiger partial charge in [0.15, 0.2) is 0 Å². The summed E-state index contributed by atoms with van der Waals surface area (Å²) in [5, 5.41) is 2.81. The first kappa shape index (κ1) is 13.2. The summed E-state index contributed by atoms with van der Waals surface area (Å²) < 4.78 is 0. The number of nitrogens with zero attached hydrogens (tertiary/aromatic N) is 1. The van der Waals surface area contributed by atoms with E-state index in [1.165, 1.54) is 0 Å². The Morgan fingerprint density at radius 1 is 1.50 bits per heavy atom. The molecule has 0 bridgehead atoms. The van der Waals surface area contributed by atoms with Gasteiger partial charge >= 0.3 is 0 Å². The zero-order chi connectivity index (χ0) is 11.1. The molecule has 14 heavy (non-hydrogen) atoms. The molecule has 0 fully saturated rings. The molecule has 0 aromatic carbocycles. The minimum absolute atomic E-state index is 0.0443. The quantitative estimate of drug-likeness (QED) is 0.517. The van der Waals surface area contributed by atoms with Crippen molar-refractivity contribution in [2.24, 2.45) is 0 Å². The smallest absolute Gasteiger partial charge is 0.246 e. The molecule has 3 heteroatoms. The maximum absolute atomic E-state index is 11.1. The van der Waals surface area contributed by atoms with Crippen LogP contribution in [-0.4, -0.2) is 37.0 Å². The first-order valence-corrected chi connectivity index (χ1v) is 5.09. The molecule has 0 spiro atoms. The molecule has 0 aliphatic carbocycles. The van der Waals surface area contributed by atoms with Gasteiger partial charge in [-0.15, -0.1) is 0 Å². The van der Waals surface area contributed by atoms with Crippen LogP contribution in [0.15, 0.2) is 12.2 Å². The van der Waals surface area contributed by atoms with Gasteiger partial charge in [0.05, 0.1) is 0 Å². The normalized spacial score (nSPS) is 10.7. The fraction of sp³-hybridized carbons (Fsp3) is 0.727. The number of amides is 1. The first-order chi connectivity index (χ1) is 6.45. The van der Waals surface area contributed by atoms with Crippen LogP contribution >= 0.6 is 0 Å². The number of rotatable bonds is 6. The van der Waals surface area contributed by atoms with E-state index in [0.29, 0.717) is 11.6 Å². The molecular formula is C11H22N2O. The third kappa shape index (κ3) is 5.75. The van der Waals surface area contributed by atoms with Crippen molar-refractivity contribution in [1.29, 1.82) is 0 Å². The summed E-state index contributed by atoms with van der Waals surface area (Å²) in [4.78, 5) is 13.4. The highest BCUT2D eigenvalue weighted by Gasteiger charge is 2.03. The van der Waals surface area contributed by atoms with Crippen molar-refractivity contribution in [2.45, 2.75) is 33.2 Å². The molecule has 0 aliphatic rings. The Hall–Kier alpha value is -0.830. The lowest BCUT2D eigenvalue weighted by molar-refractivity contribution is -0.117. The van der Waals surface area contributed by atoms with Crippen molar-refractivity contribution in [2.75, 3.05) is 20.1 Å². The lowest BCUT2D eigenvalue weighted by atomic mass is 10.3. The van der Waals surface area contributed by atoms with Gasteiger partial charge in [-0.3, -0.25) is 4.79 Å². The molecule has 82 valence electrons. The molecule has 0 saturated carbocycles. The fourth-order valence-electron chi connectivity index (χ4n) is 0.939. The summed E-state index contributed by atoms with van der Waals surface area (Å²) in [5.74, 6) is -0.0443. The second kappa shape index (κ2) is 6.60. The highest BCUT2D eigenvalue weighted by atomic mass is 16.1. The summed E-state index contributed by atoms with van der Waals surface area (Å²) >= 11 is 0. The van der Waals surface area contributed by atoms with Crippen LogP contribution in [0.5, 0.6) is 0 Å². The highest BCUT2D eigenvalue weighted by molar-refractivity contribution is 5.91. The van der Waals surface area contributed by atoms with E-state index in [9.17, 15) is 4.79 Å². The molecule has 0 unspecified atom stereocenters. The molecule has 0 rings (SSSR count). The molecule has 0 atom stereocenters. The maximum Gasteiger partial charge on any atom is 0.246 e. The van der Waals surface area contributed by atoms with Gasteiger partial charge in [-0.05, 0) is 40.8 Å². The van der Waals surface area contributed by atoms with Crippen LogP contribution in [0.3, 0.4) is 0 Å². The number of nitrogens with one attached hydrogen (secondary N) is 1. The van der Waals surface area contributed by atoms with Crippen LogP contribution in [-0.2, 0) is 4.79 Å². The van der Waals surface area contributed by atoms with Crippen LogP contribution in [0, 0.1) is 0 Å². The fourth-order valence-corrected chi connectivity index (χ4v) is 0.939. The van der Waals surface area contributed by atoms with Crippen LogP contribution in [0.25, 0.3) is 0 Å². The van der Waals surface area contributed by atoms with Gasteiger partial charge in [-0.1, -0.05) is 6.58 Å². The van der Waals surface area contributed by atoms with Gasteiger partial charge in [0.1, 0.15) is 0 Å². The third-order valence-electron chi connectivity index (χ3n) is 2.24. The number of carbonyl (C=O) groups excluding carboxylic acids is 1. The van der Waals surface area contributed by atoms with E-state index in [1.54, 1.807) is 6.92 Å². The van der Waals surface area contributed by atoms with Gasteiger partial charge in [0.2, 0.25) is 5.91 Å². The van der Waals surface area contributed by atoms with Crippen molar-refractivity contribution < 1.29 is 4.79 Å². The Balaban J connectivity index is 3.47. The molecule has 0 aromatic heterocycles. The summed E-state index contributed by atoms with van der Waals surface area (Å²) in [6, 6.07) is 0.562. The third-order valence-corrected chi connectivity index (χ3v) is 2.24. The number of hydrogen-bond donors (Lipinski definition) is 1. The van der Waals surface area contributed by atoms with Gasteiger partial charge < -0.3 is 10.2 Å². The monoisotopic (exact) mass is 198 g/mol. The predicted molar refractivity (Wildman–Crippen MR) is 60.2 cm³/mol. The van der Waals surface area contributed by atoms with Crippen molar-refractivity contribution in [3.8, 4) is 0 Å². The molecule has 0 aromatic rings. The minimum Gasteiger partial charge on any atom is -0.352 e. The Bertz CT molecular complexity index is 199. The molecule has 1 N–H and O–H groups in total. The SMILES string of the molecule is C=C(C)C(=O)NCCCN(C)C(C)C. The Labute approximate surface area is 87.2 Å². The van der Waals surface area contributed by atoms with E-state index in [-0.39, 0.29) is 5.91 Å². The van der Waals surface area contributed by atoms with Gasteiger partial charge in [0.25, 0.3) is 0 Å². The summed E-state index contributed by atoms with van der Waals surface area (Å²) in [6.45, 7) is 11.3. The van der Waals surface area contributed by atoms with E-state index in [4.69, 9.17) is 0 Å². The van der Waals surface area contributed by atoms with Crippen molar-refractivity contribution in [1.82, 2.24) is 10.2 Å². The number of carbonyl (C=O) groups is 1. The maximum atomic E-state index is 11.1. The lowest BCUT2D eigenvalue weighted by Gasteiger charge is -2.20. The van der Waals surface area contributed by atoms with E-state index in [0.717, 1.165) is 19.5 Å². The van der Waals surface area contributed by atoms with E-state index >= 15 is 0 Å².